The summed E-state index contributed by atoms with van der Waals surface area (Å²) in [5.74, 6) is 3.07. The van der Waals surface area contributed by atoms with Gasteiger partial charge in [0.2, 0.25) is 17.7 Å². The van der Waals surface area contributed by atoms with Crippen LogP contribution >= 0.6 is 11.6 Å². The van der Waals surface area contributed by atoms with Crippen molar-refractivity contribution in [3.63, 3.8) is 0 Å². The van der Waals surface area contributed by atoms with Crippen molar-refractivity contribution in [2.75, 3.05) is 11.4 Å². The zero-order chi connectivity index (χ0) is 27.2. The molecule has 1 amide bonds. The standard InChI is InChI=1S/C31H34ClFN4O3/c32-14-22-15-39-26(34-22)21-2-1-3-23(12-21)37(24(38)13-29-16-31(33,17-29)18-29)19-28-6-9-30(10-7-28,11-8-28)27-35-25(36-40-27)20-4-5-20/h1-3,12,15,20H,4-11,13-14,16-19H2. The summed E-state index contributed by atoms with van der Waals surface area (Å²) in [5.41, 5.74) is 1.19. The summed E-state index contributed by atoms with van der Waals surface area (Å²) in [6.07, 6.45) is 12.0. The fraction of sp³-hybridized carbons (Fsp3) is 0.613. The molecule has 7 saturated carbocycles. The molecule has 210 valence electrons. The van der Waals surface area contributed by atoms with Gasteiger partial charge in [-0.2, -0.15) is 4.98 Å². The summed E-state index contributed by atoms with van der Waals surface area (Å²) < 4.78 is 25.8. The predicted octanol–water partition coefficient (Wildman–Crippen LogP) is 7.25. The lowest BCUT2D eigenvalue weighted by molar-refractivity contribution is -0.215. The third kappa shape index (κ3) is 4.04. The number of rotatable bonds is 9. The number of anilines is 1. The van der Waals surface area contributed by atoms with Gasteiger partial charge in [-0.1, -0.05) is 11.2 Å². The average molecular weight is 565 g/mol. The molecule has 0 atom stereocenters. The zero-order valence-electron chi connectivity index (χ0n) is 22.6. The third-order valence-electron chi connectivity index (χ3n) is 10.7. The summed E-state index contributed by atoms with van der Waals surface area (Å²) in [7, 11) is 0. The number of amides is 1. The SMILES string of the molecule is O=C(CC12CC(F)(C1)C2)N(CC12CCC(c3nc(C4CC4)no3)(CC1)CC2)c1cccc(-c2nc(CCl)co2)c1. The van der Waals surface area contributed by atoms with Crippen molar-refractivity contribution in [1.29, 1.82) is 0 Å². The Bertz CT molecular complexity index is 1430. The van der Waals surface area contributed by atoms with Crippen molar-refractivity contribution in [2.24, 2.45) is 10.8 Å². The minimum Gasteiger partial charge on any atom is -0.444 e. The summed E-state index contributed by atoms with van der Waals surface area (Å²) in [6.45, 7) is 0.665. The summed E-state index contributed by atoms with van der Waals surface area (Å²) in [5, 5.41) is 4.30. The summed E-state index contributed by atoms with van der Waals surface area (Å²) in [6, 6.07) is 7.88. The van der Waals surface area contributed by atoms with E-state index in [4.69, 9.17) is 25.5 Å². The number of oxazole rings is 1. The molecule has 1 aromatic carbocycles. The zero-order valence-corrected chi connectivity index (χ0v) is 23.4. The highest BCUT2D eigenvalue weighted by Gasteiger charge is 2.69. The number of nitrogens with zero attached hydrogens (tertiary/aromatic N) is 4. The number of carbonyl (C=O) groups excluding carboxylic acids is 1. The van der Waals surface area contributed by atoms with E-state index in [9.17, 15) is 9.18 Å². The highest BCUT2D eigenvalue weighted by Crippen LogP contribution is 2.71. The molecule has 7 nitrogen and oxygen atoms in total. The van der Waals surface area contributed by atoms with Gasteiger partial charge < -0.3 is 13.8 Å². The van der Waals surface area contributed by atoms with E-state index in [0.29, 0.717) is 49.7 Å². The second-order valence-corrected chi connectivity index (χ2v) is 13.9. The lowest BCUT2D eigenvalue weighted by Crippen LogP contribution is -2.65. The minimum absolute atomic E-state index is 0.0248. The van der Waals surface area contributed by atoms with Crippen LogP contribution in [0.3, 0.4) is 0 Å². The highest BCUT2D eigenvalue weighted by atomic mass is 35.5. The van der Waals surface area contributed by atoms with Crippen LogP contribution < -0.4 is 4.90 Å². The van der Waals surface area contributed by atoms with Gasteiger partial charge in [-0.25, -0.2) is 9.37 Å². The summed E-state index contributed by atoms with van der Waals surface area (Å²) in [4.78, 5) is 25.3. The molecule has 0 unspecified atom stereocenters. The number of hydrogen-bond donors (Lipinski definition) is 0. The molecular formula is C31H34ClFN4O3. The van der Waals surface area contributed by atoms with E-state index < -0.39 is 5.67 Å². The summed E-state index contributed by atoms with van der Waals surface area (Å²) >= 11 is 5.94. The topological polar surface area (TPSA) is 85.3 Å². The monoisotopic (exact) mass is 564 g/mol. The normalized spacial score (nSPS) is 33.9. The molecule has 0 saturated heterocycles. The van der Waals surface area contributed by atoms with Crippen molar-refractivity contribution in [3.8, 4) is 11.5 Å². The molecule has 0 spiro atoms. The van der Waals surface area contributed by atoms with Gasteiger partial charge in [0.1, 0.15) is 11.9 Å². The second-order valence-electron chi connectivity index (χ2n) is 13.7. The molecule has 40 heavy (non-hydrogen) atoms. The second kappa shape index (κ2) is 8.63. The van der Waals surface area contributed by atoms with Gasteiger partial charge in [0.25, 0.3) is 0 Å². The Hall–Kier alpha value is -2.74. The molecule has 7 aliphatic rings. The largest absolute Gasteiger partial charge is 0.444 e. The molecule has 2 aromatic heterocycles. The maximum Gasteiger partial charge on any atom is 0.232 e. The predicted molar refractivity (Wildman–Crippen MR) is 147 cm³/mol. The molecule has 10 rings (SSSR count). The fourth-order valence-electron chi connectivity index (χ4n) is 8.21. The van der Waals surface area contributed by atoms with E-state index in [1.807, 2.05) is 29.2 Å². The molecular weight excluding hydrogens is 531 g/mol. The lowest BCUT2D eigenvalue weighted by atomic mass is 9.41. The Morgan fingerprint density at radius 1 is 1.05 bits per heavy atom. The third-order valence-corrected chi connectivity index (χ3v) is 11.0. The Morgan fingerprint density at radius 3 is 2.45 bits per heavy atom. The number of alkyl halides is 2. The molecule has 2 heterocycles. The van der Waals surface area contributed by atoms with Gasteiger partial charge in [-0.15, -0.1) is 11.6 Å². The van der Waals surface area contributed by atoms with Crippen LogP contribution in [0.1, 0.15) is 100 Å². The Labute approximate surface area is 237 Å². The fourth-order valence-corrected chi connectivity index (χ4v) is 8.33. The number of hydrogen-bond acceptors (Lipinski definition) is 6. The molecule has 7 aliphatic carbocycles. The van der Waals surface area contributed by atoms with Crippen molar-refractivity contribution in [3.05, 3.63) is 47.9 Å². The van der Waals surface area contributed by atoms with Crippen molar-refractivity contribution >= 4 is 23.2 Å². The molecule has 0 N–H and O–H groups in total. The van der Waals surface area contributed by atoms with E-state index in [2.05, 4.69) is 10.1 Å². The minimum atomic E-state index is -1.01. The maximum atomic E-state index is 14.3. The number of aromatic nitrogens is 3. The first-order chi connectivity index (χ1) is 19.3. The van der Waals surface area contributed by atoms with Crippen LogP contribution in [0.15, 0.2) is 39.5 Å². The van der Waals surface area contributed by atoms with E-state index in [1.165, 1.54) is 0 Å². The van der Waals surface area contributed by atoms with Crippen LogP contribution in [0.2, 0.25) is 0 Å². The van der Waals surface area contributed by atoms with Crippen LogP contribution in [-0.2, 0) is 16.1 Å². The van der Waals surface area contributed by atoms with Crippen LogP contribution in [0.25, 0.3) is 11.5 Å². The van der Waals surface area contributed by atoms with E-state index in [1.54, 1.807) is 6.26 Å². The van der Waals surface area contributed by atoms with E-state index in [0.717, 1.165) is 74.3 Å². The molecule has 7 fully saturated rings. The number of benzene rings is 1. The van der Waals surface area contributed by atoms with Gasteiger partial charge in [0.05, 0.1) is 11.6 Å². The Morgan fingerprint density at radius 2 is 1.80 bits per heavy atom. The van der Waals surface area contributed by atoms with Crippen molar-refractivity contribution in [1.82, 2.24) is 15.1 Å². The van der Waals surface area contributed by atoms with Gasteiger partial charge >= 0.3 is 0 Å². The lowest BCUT2D eigenvalue weighted by Gasteiger charge is -2.66. The quantitative estimate of drug-likeness (QED) is 0.254. The van der Waals surface area contributed by atoms with Crippen LogP contribution in [0, 0.1) is 10.8 Å². The van der Waals surface area contributed by atoms with Crippen LogP contribution in [0.4, 0.5) is 10.1 Å². The van der Waals surface area contributed by atoms with Gasteiger partial charge in [0, 0.05) is 35.5 Å². The molecule has 4 bridgehead atoms. The maximum absolute atomic E-state index is 14.3. The van der Waals surface area contributed by atoms with Gasteiger partial charge in [-0.05, 0) is 99.7 Å². The van der Waals surface area contributed by atoms with E-state index >= 15 is 0 Å². The molecule has 0 aliphatic heterocycles. The van der Waals surface area contributed by atoms with Crippen molar-refractivity contribution < 1.29 is 18.1 Å². The average Bonchev–Trinajstić information content (AvgIpc) is 3.46. The number of halogens is 2. The van der Waals surface area contributed by atoms with E-state index in [-0.39, 0.29) is 28.0 Å². The Kier molecular flexibility index (Phi) is 5.40. The van der Waals surface area contributed by atoms with Crippen molar-refractivity contribution in [2.45, 2.75) is 99.9 Å². The highest BCUT2D eigenvalue weighted by molar-refractivity contribution is 6.16. The smallest absolute Gasteiger partial charge is 0.232 e. The van der Waals surface area contributed by atoms with Crippen LogP contribution in [-0.4, -0.2) is 33.2 Å². The van der Waals surface area contributed by atoms with Crippen LogP contribution in [0.5, 0.6) is 0 Å². The molecule has 9 heteroatoms. The molecule has 0 radical (unpaired) electrons. The first kappa shape index (κ1) is 25.0. The number of fused-ring (bicyclic) bond motifs is 3. The Balaban J connectivity index is 1.05. The molecule has 3 aromatic rings. The van der Waals surface area contributed by atoms with Gasteiger partial charge in [-0.3, -0.25) is 4.79 Å². The first-order valence-corrected chi connectivity index (χ1v) is 15.3. The van der Waals surface area contributed by atoms with Gasteiger partial charge in [0.15, 0.2) is 5.82 Å². The number of carbonyl (C=O) groups is 1. The first-order valence-electron chi connectivity index (χ1n) is 14.7.